The summed E-state index contributed by atoms with van der Waals surface area (Å²) in [6.07, 6.45) is 3.04. The van der Waals surface area contributed by atoms with Gasteiger partial charge in [-0.3, -0.25) is 4.79 Å². The van der Waals surface area contributed by atoms with Gasteiger partial charge in [-0.2, -0.15) is 0 Å². The minimum Gasteiger partial charge on any atom is -0.336 e. The molecule has 1 fully saturated rings. The van der Waals surface area contributed by atoms with Crippen LogP contribution in [0.5, 0.6) is 0 Å². The van der Waals surface area contributed by atoms with Crippen molar-refractivity contribution >= 4 is 18.3 Å². The Bertz CT molecular complexity index is 495. The second kappa shape index (κ2) is 8.49. The van der Waals surface area contributed by atoms with Crippen LogP contribution in [0.1, 0.15) is 38.7 Å². The van der Waals surface area contributed by atoms with E-state index >= 15 is 0 Å². The number of carbonyl (C=O) groups excluding carboxylic acids is 1. The highest BCUT2D eigenvalue weighted by molar-refractivity contribution is 5.85. The van der Waals surface area contributed by atoms with Crippen LogP contribution < -0.4 is 5.73 Å². The average Bonchev–Trinajstić information content (AvgIpc) is 2.92. The minimum absolute atomic E-state index is 0. The molecule has 0 bridgehead atoms. The molecule has 5 heteroatoms. The molecule has 1 aliphatic rings. The highest BCUT2D eigenvalue weighted by atomic mass is 35.5. The molecule has 0 saturated heterocycles. The Kier molecular flexibility index (Phi) is 7.30. The summed E-state index contributed by atoms with van der Waals surface area (Å²) in [5, 5.41) is 0. The number of rotatable bonds is 5. The first-order chi connectivity index (χ1) is 10.0. The third-order valence-electron chi connectivity index (χ3n) is 4.43. The molecular weight excluding hydrogens is 303 g/mol. The second-order valence-electron chi connectivity index (χ2n) is 6.22. The van der Waals surface area contributed by atoms with E-state index in [1.54, 1.807) is 6.07 Å². The molecule has 0 spiro atoms. The number of carbonyl (C=O) groups is 1. The predicted octanol–water partition coefficient (Wildman–Crippen LogP) is 3.36. The summed E-state index contributed by atoms with van der Waals surface area (Å²) in [6.45, 7) is 5.04. The molecule has 22 heavy (non-hydrogen) atoms. The summed E-state index contributed by atoms with van der Waals surface area (Å²) in [6, 6.07) is 6.57. The van der Waals surface area contributed by atoms with Crippen molar-refractivity contribution in [3.8, 4) is 0 Å². The third kappa shape index (κ3) is 4.43. The lowest BCUT2D eigenvalue weighted by atomic mass is 9.94. The zero-order valence-electron chi connectivity index (χ0n) is 13.3. The Morgan fingerprint density at radius 2 is 2.14 bits per heavy atom. The summed E-state index contributed by atoms with van der Waals surface area (Å²) < 4.78 is 13.3. The van der Waals surface area contributed by atoms with Crippen LogP contribution in [-0.2, 0) is 11.3 Å². The van der Waals surface area contributed by atoms with Gasteiger partial charge >= 0.3 is 0 Å². The van der Waals surface area contributed by atoms with Gasteiger partial charge in [0.15, 0.2) is 0 Å². The van der Waals surface area contributed by atoms with Crippen LogP contribution in [0, 0.1) is 17.7 Å². The highest BCUT2D eigenvalue weighted by Crippen LogP contribution is 2.33. The van der Waals surface area contributed by atoms with Gasteiger partial charge in [-0.15, -0.1) is 12.4 Å². The summed E-state index contributed by atoms with van der Waals surface area (Å²) in [4.78, 5) is 14.7. The highest BCUT2D eigenvalue weighted by Gasteiger charge is 2.35. The fourth-order valence-corrected chi connectivity index (χ4v) is 3.20. The van der Waals surface area contributed by atoms with Crippen molar-refractivity contribution in [2.45, 2.75) is 45.7 Å². The Morgan fingerprint density at radius 3 is 2.73 bits per heavy atom. The molecular formula is C17H26ClFN2O. The third-order valence-corrected chi connectivity index (χ3v) is 4.43. The van der Waals surface area contributed by atoms with E-state index in [2.05, 4.69) is 0 Å². The molecule has 2 atom stereocenters. The molecule has 1 amide bonds. The fraction of sp³-hybridized carbons (Fsp3) is 0.588. The van der Waals surface area contributed by atoms with Gasteiger partial charge in [0.05, 0.1) is 0 Å². The molecule has 0 heterocycles. The van der Waals surface area contributed by atoms with E-state index in [-0.39, 0.29) is 36.1 Å². The summed E-state index contributed by atoms with van der Waals surface area (Å²) in [5.74, 6) is 0.240. The predicted molar refractivity (Wildman–Crippen MR) is 89.2 cm³/mol. The molecule has 1 aromatic carbocycles. The van der Waals surface area contributed by atoms with Gasteiger partial charge in [-0.05, 0) is 56.8 Å². The Labute approximate surface area is 138 Å². The van der Waals surface area contributed by atoms with Gasteiger partial charge < -0.3 is 10.6 Å². The molecule has 1 aromatic rings. The van der Waals surface area contributed by atoms with Crippen molar-refractivity contribution < 1.29 is 9.18 Å². The number of benzene rings is 1. The van der Waals surface area contributed by atoms with E-state index in [1.807, 2.05) is 24.8 Å². The van der Waals surface area contributed by atoms with Crippen molar-refractivity contribution in [1.82, 2.24) is 4.90 Å². The van der Waals surface area contributed by atoms with E-state index in [4.69, 9.17) is 5.73 Å². The molecule has 124 valence electrons. The van der Waals surface area contributed by atoms with Gasteiger partial charge in [-0.1, -0.05) is 18.6 Å². The lowest BCUT2D eigenvalue weighted by Crippen LogP contribution is -2.42. The normalized spacial score (nSPS) is 20.8. The van der Waals surface area contributed by atoms with Crippen LogP contribution in [0.25, 0.3) is 0 Å². The Hall–Kier alpha value is -1.13. The molecule has 3 nitrogen and oxygen atoms in total. The van der Waals surface area contributed by atoms with Crippen molar-refractivity contribution in [1.29, 1.82) is 0 Å². The van der Waals surface area contributed by atoms with Crippen LogP contribution in [0.3, 0.4) is 0 Å². The summed E-state index contributed by atoms with van der Waals surface area (Å²) in [5.41, 5.74) is 6.62. The smallest absolute Gasteiger partial charge is 0.226 e. The van der Waals surface area contributed by atoms with E-state index in [0.717, 1.165) is 24.8 Å². The quantitative estimate of drug-likeness (QED) is 0.901. The van der Waals surface area contributed by atoms with E-state index < -0.39 is 0 Å². The van der Waals surface area contributed by atoms with Crippen LogP contribution >= 0.6 is 12.4 Å². The first-order valence-electron chi connectivity index (χ1n) is 7.78. The van der Waals surface area contributed by atoms with Crippen LogP contribution in [0.4, 0.5) is 4.39 Å². The van der Waals surface area contributed by atoms with Gasteiger partial charge in [0, 0.05) is 18.5 Å². The standard InChI is InChI=1S/C17H25FN2O.ClH/c1-12(2)20(11-13-5-3-7-15(18)9-13)17(21)16-8-4-6-14(16)10-19;/h3,5,7,9,12,14,16H,4,6,8,10-11,19H2,1-2H3;1H/t14-,16-;/m1./s1. The van der Waals surface area contributed by atoms with Crippen molar-refractivity contribution in [2.75, 3.05) is 6.54 Å². The van der Waals surface area contributed by atoms with Crippen LogP contribution in [0.15, 0.2) is 24.3 Å². The van der Waals surface area contributed by atoms with Crippen molar-refractivity contribution in [3.63, 3.8) is 0 Å². The molecule has 0 aliphatic heterocycles. The summed E-state index contributed by atoms with van der Waals surface area (Å²) in [7, 11) is 0. The topological polar surface area (TPSA) is 46.3 Å². The lowest BCUT2D eigenvalue weighted by molar-refractivity contribution is -0.139. The number of hydrogen-bond donors (Lipinski definition) is 1. The second-order valence-corrected chi connectivity index (χ2v) is 6.22. The maximum Gasteiger partial charge on any atom is 0.226 e. The van der Waals surface area contributed by atoms with E-state index in [1.165, 1.54) is 12.1 Å². The van der Waals surface area contributed by atoms with Gasteiger partial charge in [0.2, 0.25) is 5.91 Å². The lowest BCUT2D eigenvalue weighted by Gasteiger charge is -2.31. The molecule has 0 unspecified atom stereocenters. The van der Waals surface area contributed by atoms with Gasteiger partial charge in [0.25, 0.3) is 0 Å². The largest absolute Gasteiger partial charge is 0.336 e. The van der Waals surface area contributed by atoms with Crippen LogP contribution in [0.2, 0.25) is 0 Å². The molecule has 1 aliphatic carbocycles. The van der Waals surface area contributed by atoms with Crippen LogP contribution in [-0.4, -0.2) is 23.4 Å². The SMILES string of the molecule is CC(C)N(Cc1cccc(F)c1)C(=O)[C@@H]1CCC[C@@H]1CN.Cl. The van der Waals surface area contributed by atoms with E-state index in [9.17, 15) is 9.18 Å². The fourth-order valence-electron chi connectivity index (χ4n) is 3.20. The maximum atomic E-state index is 13.3. The summed E-state index contributed by atoms with van der Waals surface area (Å²) >= 11 is 0. The van der Waals surface area contributed by atoms with Crippen molar-refractivity contribution in [3.05, 3.63) is 35.6 Å². The average molecular weight is 329 g/mol. The number of nitrogens with zero attached hydrogens (tertiary/aromatic N) is 1. The molecule has 2 rings (SSSR count). The van der Waals surface area contributed by atoms with Gasteiger partial charge in [0.1, 0.15) is 5.82 Å². The number of nitrogens with two attached hydrogens (primary N) is 1. The number of hydrogen-bond acceptors (Lipinski definition) is 2. The minimum atomic E-state index is -0.260. The Balaban J connectivity index is 0.00000242. The maximum absolute atomic E-state index is 13.3. The molecule has 0 radical (unpaired) electrons. The zero-order valence-corrected chi connectivity index (χ0v) is 14.1. The zero-order chi connectivity index (χ0) is 15.4. The Morgan fingerprint density at radius 1 is 1.41 bits per heavy atom. The monoisotopic (exact) mass is 328 g/mol. The van der Waals surface area contributed by atoms with Gasteiger partial charge in [-0.25, -0.2) is 4.39 Å². The number of halogens is 2. The molecule has 0 aromatic heterocycles. The molecule has 2 N–H and O–H groups in total. The van der Waals surface area contributed by atoms with Crippen molar-refractivity contribution in [2.24, 2.45) is 17.6 Å². The number of amides is 1. The first-order valence-corrected chi connectivity index (χ1v) is 7.78. The molecule has 1 saturated carbocycles. The first kappa shape index (κ1) is 18.9. The van der Waals surface area contributed by atoms with E-state index in [0.29, 0.717) is 19.0 Å².